The molecule has 0 aliphatic rings. The molecule has 7 heteroatoms. The Labute approximate surface area is 76.8 Å². The summed E-state index contributed by atoms with van der Waals surface area (Å²) in [7, 11) is 1.54. The molecule has 0 spiro atoms. The van der Waals surface area contributed by atoms with Gasteiger partial charge in [-0.1, -0.05) is 0 Å². The highest BCUT2D eigenvalue weighted by atomic mass is 32.1. The van der Waals surface area contributed by atoms with Crippen molar-refractivity contribution in [1.82, 2.24) is 20.2 Å². The highest BCUT2D eigenvalue weighted by Crippen LogP contribution is 2.26. The molecule has 0 aromatic carbocycles. The Morgan fingerprint density at radius 3 is 3.15 bits per heavy atom. The van der Waals surface area contributed by atoms with Crippen molar-refractivity contribution < 1.29 is 4.74 Å². The standard InChI is InChI=1S/C6H6N4O2S/c1-12-4-2-3-13-5(4)10-6(11)7-8-9-10/h2-3H,1H3,(H,7,9,11). The number of nitrogens with one attached hydrogen (secondary N) is 1. The van der Waals surface area contributed by atoms with Crippen molar-refractivity contribution in [3.05, 3.63) is 21.9 Å². The van der Waals surface area contributed by atoms with Crippen molar-refractivity contribution in [3.8, 4) is 10.8 Å². The van der Waals surface area contributed by atoms with Gasteiger partial charge in [-0.15, -0.1) is 16.0 Å². The molecule has 2 rings (SSSR count). The summed E-state index contributed by atoms with van der Waals surface area (Å²) >= 11 is 1.36. The van der Waals surface area contributed by atoms with Crippen LogP contribution < -0.4 is 10.4 Å². The van der Waals surface area contributed by atoms with Crippen LogP contribution in [0.1, 0.15) is 0 Å². The van der Waals surface area contributed by atoms with E-state index in [2.05, 4.69) is 15.5 Å². The van der Waals surface area contributed by atoms with E-state index in [-0.39, 0.29) is 5.69 Å². The van der Waals surface area contributed by atoms with Gasteiger partial charge in [-0.2, -0.15) is 0 Å². The van der Waals surface area contributed by atoms with Crippen molar-refractivity contribution in [3.63, 3.8) is 0 Å². The van der Waals surface area contributed by atoms with Crippen LogP contribution in [0.4, 0.5) is 0 Å². The molecule has 0 aliphatic heterocycles. The summed E-state index contributed by atoms with van der Waals surface area (Å²) in [5.74, 6) is 0.612. The number of hydrogen-bond acceptors (Lipinski definition) is 5. The molecule has 6 nitrogen and oxygen atoms in total. The van der Waals surface area contributed by atoms with Crippen molar-refractivity contribution in [2.75, 3.05) is 7.11 Å². The molecule has 0 radical (unpaired) electrons. The number of H-pyrrole nitrogens is 1. The summed E-state index contributed by atoms with van der Waals surface area (Å²) < 4.78 is 6.19. The summed E-state index contributed by atoms with van der Waals surface area (Å²) in [5.41, 5.74) is -0.374. The average molecular weight is 198 g/mol. The van der Waals surface area contributed by atoms with Gasteiger partial charge in [0, 0.05) is 0 Å². The minimum atomic E-state index is -0.374. The SMILES string of the molecule is COc1ccsc1-n1nn[nH]c1=O. The number of aromatic nitrogens is 4. The maximum Gasteiger partial charge on any atom is 0.366 e. The first-order chi connectivity index (χ1) is 6.33. The first-order valence-corrected chi connectivity index (χ1v) is 4.33. The minimum Gasteiger partial charge on any atom is -0.494 e. The molecule has 0 fully saturated rings. The lowest BCUT2D eigenvalue weighted by Crippen LogP contribution is -2.15. The van der Waals surface area contributed by atoms with Crippen LogP contribution in [0.25, 0.3) is 5.00 Å². The largest absolute Gasteiger partial charge is 0.494 e. The van der Waals surface area contributed by atoms with E-state index in [0.717, 1.165) is 4.68 Å². The fourth-order valence-electron chi connectivity index (χ4n) is 0.930. The Hall–Kier alpha value is -1.63. The monoisotopic (exact) mass is 198 g/mol. The van der Waals surface area contributed by atoms with Crippen LogP contribution in [-0.2, 0) is 0 Å². The summed E-state index contributed by atoms with van der Waals surface area (Å²) in [6.45, 7) is 0. The number of rotatable bonds is 2. The second-order valence-electron chi connectivity index (χ2n) is 2.21. The normalized spacial score (nSPS) is 10.2. The molecular weight excluding hydrogens is 192 g/mol. The smallest absolute Gasteiger partial charge is 0.366 e. The lowest BCUT2D eigenvalue weighted by atomic mass is 10.5. The summed E-state index contributed by atoms with van der Waals surface area (Å²) in [6.07, 6.45) is 0. The third-order valence-corrected chi connectivity index (χ3v) is 2.36. The number of aromatic amines is 1. The van der Waals surface area contributed by atoms with Gasteiger partial charge in [0.1, 0.15) is 0 Å². The van der Waals surface area contributed by atoms with Crippen LogP contribution in [0.5, 0.6) is 5.75 Å². The molecule has 13 heavy (non-hydrogen) atoms. The van der Waals surface area contributed by atoms with Gasteiger partial charge < -0.3 is 4.74 Å². The highest BCUT2D eigenvalue weighted by molar-refractivity contribution is 7.12. The molecule has 68 valence electrons. The van der Waals surface area contributed by atoms with Crippen molar-refractivity contribution in [2.45, 2.75) is 0 Å². The second-order valence-corrected chi connectivity index (χ2v) is 3.11. The van der Waals surface area contributed by atoms with E-state index >= 15 is 0 Å². The average Bonchev–Trinajstić information content (AvgIpc) is 2.71. The Bertz CT molecular complexity index is 457. The molecule has 1 N–H and O–H groups in total. The van der Waals surface area contributed by atoms with Gasteiger partial charge in [-0.05, 0) is 21.9 Å². The Kier molecular flexibility index (Phi) is 1.85. The molecule has 2 heterocycles. The third kappa shape index (κ3) is 1.22. The lowest BCUT2D eigenvalue weighted by Gasteiger charge is -1.98. The predicted octanol–water partition coefficient (Wildman–Crippen LogP) is 0.0257. The van der Waals surface area contributed by atoms with E-state index in [1.54, 1.807) is 6.07 Å². The van der Waals surface area contributed by atoms with Crippen LogP contribution in [0.3, 0.4) is 0 Å². The summed E-state index contributed by atoms with van der Waals surface area (Å²) in [4.78, 5) is 11.1. The zero-order chi connectivity index (χ0) is 9.26. The summed E-state index contributed by atoms with van der Waals surface area (Å²) in [6, 6.07) is 1.76. The Morgan fingerprint density at radius 1 is 1.69 bits per heavy atom. The van der Waals surface area contributed by atoms with E-state index in [1.165, 1.54) is 18.4 Å². The number of methoxy groups -OCH3 is 1. The van der Waals surface area contributed by atoms with Gasteiger partial charge >= 0.3 is 5.69 Å². The van der Waals surface area contributed by atoms with Gasteiger partial charge in [0.2, 0.25) is 0 Å². The maximum absolute atomic E-state index is 11.1. The molecule has 0 bridgehead atoms. The zero-order valence-electron chi connectivity index (χ0n) is 6.72. The topological polar surface area (TPSA) is 72.8 Å². The molecule has 0 saturated heterocycles. The minimum absolute atomic E-state index is 0.374. The maximum atomic E-state index is 11.1. The van der Waals surface area contributed by atoms with E-state index in [0.29, 0.717) is 10.8 Å². The van der Waals surface area contributed by atoms with Crippen molar-refractivity contribution >= 4 is 11.3 Å². The molecule has 0 atom stereocenters. The van der Waals surface area contributed by atoms with Crippen molar-refractivity contribution in [1.29, 1.82) is 0 Å². The molecule has 2 aromatic rings. The number of nitrogens with zero attached hydrogens (tertiary/aromatic N) is 3. The van der Waals surface area contributed by atoms with Gasteiger partial charge in [0.05, 0.1) is 7.11 Å². The quantitative estimate of drug-likeness (QED) is 0.738. The van der Waals surface area contributed by atoms with Crippen LogP contribution in [-0.4, -0.2) is 27.3 Å². The van der Waals surface area contributed by atoms with Crippen LogP contribution in [0, 0.1) is 0 Å². The van der Waals surface area contributed by atoms with Crippen LogP contribution in [0.2, 0.25) is 0 Å². The van der Waals surface area contributed by atoms with Crippen LogP contribution in [0.15, 0.2) is 16.2 Å². The lowest BCUT2D eigenvalue weighted by molar-refractivity contribution is 0.413. The Morgan fingerprint density at radius 2 is 2.54 bits per heavy atom. The zero-order valence-corrected chi connectivity index (χ0v) is 7.54. The molecule has 0 aliphatic carbocycles. The van der Waals surface area contributed by atoms with E-state index < -0.39 is 0 Å². The first kappa shape index (κ1) is 7.99. The first-order valence-electron chi connectivity index (χ1n) is 3.45. The molecule has 2 aromatic heterocycles. The number of ether oxygens (including phenoxy) is 1. The Balaban J connectivity index is 2.58. The van der Waals surface area contributed by atoms with E-state index in [4.69, 9.17) is 4.74 Å². The molecule has 0 saturated carbocycles. The van der Waals surface area contributed by atoms with Crippen molar-refractivity contribution in [2.24, 2.45) is 0 Å². The van der Waals surface area contributed by atoms with Gasteiger partial charge in [0.25, 0.3) is 0 Å². The third-order valence-electron chi connectivity index (χ3n) is 1.49. The highest BCUT2D eigenvalue weighted by Gasteiger charge is 2.10. The number of tetrazole rings is 1. The molecule has 0 unspecified atom stereocenters. The van der Waals surface area contributed by atoms with Crippen LogP contribution >= 0.6 is 11.3 Å². The fraction of sp³-hybridized carbons (Fsp3) is 0.167. The molecule has 0 amide bonds. The summed E-state index contributed by atoms with van der Waals surface area (Å²) in [5, 5.41) is 11.6. The van der Waals surface area contributed by atoms with Gasteiger partial charge in [0.15, 0.2) is 10.8 Å². The number of thiophene rings is 1. The predicted molar refractivity (Wildman–Crippen MR) is 46.4 cm³/mol. The fourth-order valence-corrected chi connectivity index (χ4v) is 1.74. The second kappa shape index (κ2) is 3.02. The van der Waals surface area contributed by atoms with Gasteiger partial charge in [-0.25, -0.2) is 9.89 Å². The molecular formula is C6H6N4O2S. The van der Waals surface area contributed by atoms with E-state index in [1.807, 2.05) is 5.38 Å². The number of hydrogen-bond donors (Lipinski definition) is 1. The van der Waals surface area contributed by atoms with E-state index in [9.17, 15) is 4.79 Å². The van der Waals surface area contributed by atoms with Gasteiger partial charge in [-0.3, -0.25) is 0 Å².